The maximum atomic E-state index is 5.72. The first-order valence-corrected chi connectivity index (χ1v) is 4.92. The number of nitrogen functional groups attached to an aromatic ring is 1. The Hall–Kier alpha value is -1.48. The van der Waals surface area contributed by atoms with Crippen molar-refractivity contribution in [1.82, 2.24) is 4.98 Å². The molecule has 0 saturated heterocycles. The highest BCUT2D eigenvalue weighted by molar-refractivity contribution is 7.23. The minimum Gasteiger partial charge on any atom is -0.391 e. The zero-order chi connectivity index (χ0) is 8.84. The van der Waals surface area contributed by atoms with E-state index in [4.69, 9.17) is 5.73 Å². The second kappa shape index (κ2) is 2.26. The van der Waals surface area contributed by atoms with Crippen LogP contribution in [0.2, 0.25) is 0 Å². The number of hydrogen-bond acceptors (Lipinski definition) is 2. The Bertz CT molecular complexity index is 577. The topological polar surface area (TPSA) is 41.8 Å². The molecule has 13 heavy (non-hydrogen) atoms. The first-order chi connectivity index (χ1) is 6.34. The van der Waals surface area contributed by atoms with Crippen LogP contribution in [0.25, 0.3) is 21.1 Å². The summed E-state index contributed by atoms with van der Waals surface area (Å²) in [6.07, 6.45) is 0. The summed E-state index contributed by atoms with van der Waals surface area (Å²) in [6.45, 7) is 0. The van der Waals surface area contributed by atoms with Crippen molar-refractivity contribution in [2.75, 3.05) is 5.73 Å². The Morgan fingerprint density at radius 3 is 2.92 bits per heavy atom. The van der Waals surface area contributed by atoms with Gasteiger partial charge in [0.2, 0.25) is 0 Å². The van der Waals surface area contributed by atoms with E-state index in [0.717, 1.165) is 10.5 Å². The summed E-state index contributed by atoms with van der Waals surface area (Å²) >= 11 is 1.63. The molecule has 0 saturated carbocycles. The fraction of sp³-hybridized carbons (Fsp3) is 0. The van der Waals surface area contributed by atoms with Crippen LogP contribution in [0.4, 0.5) is 5.00 Å². The van der Waals surface area contributed by atoms with Gasteiger partial charge in [-0.1, -0.05) is 18.2 Å². The molecule has 2 aromatic heterocycles. The number of aromatic nitrogens is 1. The van der Waals surface area contributed by atoms with E-state index in [1.807, 2.05) is 18.2 Å². The molecule has 3 N–H and O–H groups in total. The number of hydrogen-bond donors (Lipinski definition) is 2. The summed E-state index contributed by atoms with van der Waals surface area (Å²) in [7, 11) is 0. The second-order valence-corrected chi connectivity index (χ2v) is 4.15. The van der Waals surface area contributed by atoms with Gasteiger partial charge in [0.1, 0.15) is 0 Å². The first-order valence-electron chi connectivity index (χ1n) is 4.10. The van der Waals surface area contributed by atoms with Crippen molar-refractivity contribution >= 4 is 37.5 Å². The number of rotatable bonds is 0. The molecule has 0 aliphatic carbocycles. The van der Waals surface area contributed by atoms with Crippen LogP contribution in [0.1, 0.15) is 0 Å². The zero-order valence-electron chi connectivity index (χ0n) is 6.87. The molecule has 2 nitrogen and oxygen atoms in total. The summed E-state index contributed by atoms with van der Waals surface area (Å²) < 4.78 is 1.26. The third-order valence-electron chi connectivity index (χ3n) is 2.19. The molecule has 3 rings (SSSR count). The quantitative estimate of drug-likeness (QED) is 0.559. The van der Waals surface area contributed by atoms with Gasteiger partial charge in [-0.15, -0.1) is 11.3 Å². The molecule has 0 spiro atoms. The molecule has 0 atom stereocenters. The highest BCUT2D eigenvalue weighted by Crippen LogP contribution is 2.33. The van der Waals surface area contributed by atoms with E-state index in [-0.39, 0.29) is 0 Å². The Morgan fingerprint density at radius 2 is 2.00 bits per heavy atom. The van der Waals surface area contributed by atoms with Crippen molar-refractivity contribution in [2.45, 2.75) is 0 Å². The third-order valence-corrected chi connectivity index (χ3v) is 3.19. The van der Waals surface area contributed by atoms with Crippen LogP contribution in [0.15, 0.2) is 30.3 Å². The summed E-state index contributed by atoms with van der Waals surface area (Å²) in [6, 6.07) is 10.3. The van der Waals surface area contributed by atoms with Crippen molar-refractivity contribution in [1.29, 1.82) is 0 Å². The average molecular weight is 188 g/mol. The monoisotopic (exact) mass is 188 g/mol. The first kappa shape index (κ1) is 6.97. The number of nitrogens with one attached hydrogen (secondary N) is 1. The van der Waals surface area contributed by atoms with Gasteiger partial charge in [0.05, 0.1) is 15.2 Å². The zero-order valence-corrected chi connectivity index (χ0v) is 7.69. The molecule has 0 amide bonds. The molecule has 0 bridgehead atoms. The number of benzene rings is 1. The predicted molar refractivity (Wildman–Crippen MR) is 58.1 cm³/mol. The van der Waals surface area contributed by atoms with E-state index in [1.54, 1.807) is 11.3 Å². The van der Waals surface area contributed by atoms with E-state index in [0.29, 0.717) is 0 Å². The largest absolute Gasteiger partial charge is 0.391 e. The van der Waals surface area contributed by atoms with Gasteiger partial charge < -0.3 is 10.7 Å². The van der Waals surface area contributed by atoms with Crippen LogP contribution < -0.4 is 5.73 Å². The van der Waals surface area contributed by atoms with Gasteiger partial charge >= 0.3 is 0 Å². The Labute approximate surface area is 79.0 Å². The number of anilines is 1. The fourth-order valence-electron chi connectivity index (χ4n) is 1.64. The van der Waals surface area contributed by atoms with Crippen molar-refractivity contribution in [3.8, 4) is 0 Å². The van der Waals surface area contributed by atoms with Crippen LogP contribution in [0.5, 0.6) is 0 Å². The van der Waals surface area contributed by atoms with Gasteiger partial charge in [0.25, 0.3) is 0 Å². The van der Waals surface area contributed by atoms with Gasteiger partial charge in [-0.05, 0) is 12.1 Å². The molecule has 0 unspecified atom stereocenters. The van der Waals surface area contributed by atoms with Crippen molar-refractivity contribution < 1.29 is 0 Å². The second-order valence-electron chi connectivity index (χ2n) is 3.06. The van der Waals surface area contributed by atoms with Crippen molar-refractivity contribution in [3.05, 3.63) is 30.3 Å². The molecule has 1 aromatic carbocycles. The number of nitrogens with two attached hydrogens (primary N) is 1. The maximum absolute atomic E-state index is 5.72. The number of H-pyrrole nitrogens is 1. The van der Waals surface area contributed by atoms with Crippen LogP contribution in [-0.2, 0) is 0 Å². The minimum absolute atomic E-state index is 0.868. The van der Waals surface area contributed by atoms with Gasteiger partial charge in [0.15, 0.2) is 0 Å². The number of thiophene rings is 1. The Kier molecular flexibility index (Phi) is 1.21. The third kappa shape index (κ3) is 0.876. The molecule has 2 heterocycles. The molecule has 0 aliphatic heterocycles. The van der Waals surface area contributed by atoms with Crippen LogP contribution in [0, 0.1) is 0 Å². The molecule has 0 radical (unpaired) electrons. The van der Waals surface area contributed by atoms with Gasteiger partial charge in [-0.3, -0.25) is 0 Å². The predicted octanol–water partition coefficient (Wildman–Crippen LogP) is 2.96. The molecular weight excluding hydrogens is 180 g/mol. The summed E-state index contributed by atoms with van der Waals surface area (Å²) in [4.78, 5) is 3.33. The minimum atomic E-state index is 0.868. The van der Waals surface area contributed by atoms with Crippen LogP contribution in [0.3, 0.4) is 0 Å². The van der Waals surface area contributed by atoms with Crippen LogP contribution in [-0.4, -0.2) is 4.98 Å². The van der Waals surface area contributed by atoms with E-state index in [2.05, 4.69) is 17.1 Å². The van der Waals surface area contributed by atoms with E-state index in [9.17, 15) is 0 Å². The fourth-order valence-corrected chi connectivity index (χ4v) is 2.56. The van der Waals surface area contributed by atoms with Gasteiger partial charge in [-0.2, -0.15) is 0 Å². The van der Waals surface area contributed by atoms with E-state index >= 15 is 0 Å². The smallest absolute Gasteiger partial charge is 0.0884 e. The molecule has 3 aromatic rings. The van der Waals surface area contributed by atoms with E-state index < -0.39 is 0 Å². The van der Waals surface area contributed by atoms with Gasteiger partial charge in [-0.25, -0.2) is 0 Å². The molecular formula is C10H8N2S. The molecule has 0 aliphatic rings. The summed E-state index contributed by atoms with van der Waals surface area (Å²) in [5, 5.41) is 2.13. The number of para-hydroxylation sites is 1. The highest BCUT2D eigenvalue weighted by Gasteiger charge is 2.05. The lowest BCUT2D eigenvalue weighted by atomic mass is 10.2. The SMILES string of the molecule is Nc1cc2[nH]c3ccccc3c2s1. The van der Waals surface area contributed by atoms with Crippen LogP contribution >= 0.6 is 11.3 Å². The maximum Gasteiger partial charge on any atom is 0.0884 e. The standard InChI is InChI=1S/C10H8N2S/c11-9-5-8-10(13-9)6-3-1-2-4-7(6)12-8/h1-5,12H,11H2. The molecule has 64 valence electrons. The normalized spacial score (nSPS) is 11.4. The number of aromatic amines is 1. The Morgan fingerprint density at radius 1 is 1.15 bits per heavy atom. The lowest BCUT2D eigenvalue weighted by Gasteiger charge is -1.86. The summed E-state index contributed by atoms with van der Waals surface area (Å²) in [5.41, 5.74) is 8.05. The lowest BCUT2D eigenvalue weighted by Crippen LogP contribution is -1.74. The average Bonchev–Trinajstić information content (AvgIpc) is 2.60. The van der Waals surface area contributed by atoms with Gasteiger partial charge in [0, 0.05) is 10.9 Å². The summed E-state index contributed by atoms with van der Waals surface area (Å²) in [5.74, 6) is 0. The highest BCUT2D eigenvalue weighted by atomic mass is 32.1. The molecule has 3 heteroatoms. The molecule has 0 fully saturated rings. The number of fused-ring (bicyclic) bond motifs is 3. The Balaban J connectivity index is 2.60. The van der Waals surface area contributed by atoms with E-state index in [1.165, 1.54) is 15.6 Å². The van der Waals surface area contributed by atoms with Crippen molar-refractivity contribution in [3.63, 3.8) is 0 Å². The lowest BCUT2D eigenvalue weighted by molar-refractivity contribution is 1.56. The van der Waals surface area contributed by atoms with Crippen molar-refractivity contribution in [2.24, 2.45) is 0 Å².